The molecule has 0 spiro atoms. The lowest BCUT2D eigenvalue weighted by atomic mass is 10.1. The summed E-state index contributed by atoms with van der Waals surface area (Å²) in [7, 11) is 0. The smallest absolute Gasteiger partial charge is 0.336 e. The minimum absolute atomic E-state index is 0.375. The van der Waals surface area contributed by atoms with Crippen molar-refractivity contribution in [2.75, 3.05) is 18.2 Å². The second-order valence-corrected chi connectivity index (χ2v) is 8.13. The molecule has 0 radical (unpaired) electrons. The van der Waals surface area contributed by atoms with E-state index in [0.29, 0.717) is 17.9 Å². The third kappa shape index (κ3) is 9.73. The van der Waals surface area contributed by atoms with Gasteiger partial charge >= 0.3 is 5.97 Å². The first-order chi connectivity index (χ1) is 13.5. The standard InChI is InChI=1S/C21H29ClN2O2S2/c1-3-16(7-5-11-22)14-27-15-18(23)8-6-12-24-28-19-10-9-17(4-2)20(13-19)21(25)26/h3,5,7,9-10,13,15,24H,4,6,8,11-12,14,23H2,1-2H3,(H,25,26)/b7-5-,16-3+,18-15-. The lowest BCUT2D eigenvalue weighted by Gasteiger charge is -2.08. The van der Waals surface area contributed by atoms with Gasteiger partial charge in [-0.3, -0.25) is 4.72 Å². The number of alkyl halides is 1. The summed E-state index contributed by atoms with van der Waals surface area (Å²) in [6, 6.07) is 5.55. The number of carboxylic acid groups (broad SMARTS) is 1. The van der Waals surface area contributed by atoms with E-state index in [1.165, 1.54) is 17.5 Å². The van der Waals surface area contributed by atoms with E-state index in [0.717, 1.165) is 41.3 Å². The minimum atomic E-state index is -0.881. The lowest BCUT2D eigenvalue weighted by Crippen LogP contribution is -2.08. The van der Waals surface area contributed by atoms with Gasteiger partial charge in [-0.05, 0) is 66.8 Å². The highest BCUT2D eigenvalue weighted by molar-refractivity contribution is 8.02. The van der Waals surface area contributed by atoms with Gasteiger partial charge in [0, 0.05) is 28.8 Å². The molecule has 0 aliphatic carbocycles. The molecular formula is C21H29ClN2O2S2. The molecule has 28 heavy (non-hydrogen) atoms. The van der Waals surface area contributed by atoms with Gasteiger partial charge in [0.05, 0.1) is 5.56 Å². The fourth-order valence-corrected chi connectivity index (χ4v) is 4.04. The molecule has 0 saturated heterocycles. The first-order valence-corrected chi connectivity index (χ1v) is 11.6. The van der Waals surface area contributed by atoms with Crippen molar-refractivity contribution >= 4 is 41.3 Å². The van der Waals surface area contributed by atoms with Gasteiger partial charge in [0.2, 0.25) is 0 Å². The van der Waals surface area contributed by atoms with Gasteiger partial charge in [0.1, 0.15) is 0 Å². The van der Waals surface area contributed by atoms with E-state index in [9.17, 15) is 9.90 Å². The van der Waals surface area contributed by atoms with Crippen LogP contribution in [0.4, 0.5) is 0 Å². The second kappa shape index (κ2) is 14.6. The Morgan fingerprint density at radius 2 is 2.18 bits per heavy atom. The van der Waals surface area contributed by atoms with Crippen LogP contribution in [0.2, 0.25) is 0 Å². The number of carbonyl (C=O) groups is 1. The third-order valence-electron chi connectivity index (χ3n) is 3.90. The Morgan fingerprint density at radius 3 is 2.82 bits per heavy atom. The molecule has 1 rings (SSSR count). The van der Waals surface area contributed by atoms with Gasteiger partial charge in [-0.25, -0.2) is 4.79 Å². The summed E-state index contributed by atoms with van der Waals surface area (Å²) in [5.74, 6) is 0.512. The van der Waals surface area contributed by atoms with Gasteiger partial charge in [0.25, 0.3) is 0 Å². The van der Waals surface area contributed by atoms with Crippen molar-refractivity contribution < 1.29 is 9.90 Å². The fourth-order valence-electron chi connectivity index (χ4n) is 2.35. The molecule has 0 saturated carbocycles. The van der Waals surface area contributed by atoms with E-state index < -0.39 is 5.97 Å². The summed E-state index contributed by atoms with van der Waals surface area (Å²) in [4.78, 5) is 12.2. The molecule has 0 heterocycles. The Morgan fingerprint density at radius 1 is 1.39 bits per heavy atom. The van der Waals surface area contributed by atoms with Gasteiger partial charge < -0.3 is 10.8 Å². The van der Waals surface area contributed by atoms with Crippen molar-refractivity contribution in [3.63, 3.8) is 0 Å². The van der Waals surface area contributed by atoms with Crippen LogP contribution >= 0.6 is 35.3 Å². The topological polar surface area (TPSA) is 75.3 Å². The van der Waals surface area contributed by atoms with E-state index >= 15 is 0 Å². The van der Waals surface area contributed by atoms with Crippen molar-refractivity contribution in [1.29, 1.82) is 0 Å². The van der Waals surface area contributed by atoms with Crippen LogP contribution in [-0.2, 0) is 6.42 Å². The number of thioether (sulfide) groups is 1. The number of hydrogen-bond donors (Lipinski definition) is 3. The van der Waals surface area contributed by atoms with E-state index in [2.05, 4.69) is 10.8 Å². The summed E-state index contributed by atoms with van der Waals surface area (Å²) in [6.45, 7) is 4.76. The van der Waals surface area contributed by atoms with Crippen LogP contribution in [0.25, 0.3) is 0 Å². The molecule has 7 heteroatoms. The predicted octanol–water partition coefficient (Wildman–Crippen LogP) is 5.60. The Balaban J connectivity index is 2.32. The van der Waals surface area contributed by atoms with Crippen LogP contribution in [0, 0.1) is 0 Å². The van der Waals surface area contributed by atoms with Gasteiger partial charge in [0.15, 0.2) is 0 Å². The molecule has 0 aliphatic heterocycles. The maximum Gasteiger partial charge on any atom is 0.336 e. The van der Waals surface area contributed by atoms with Crippen LogP contribution < -0.4 is 10.5 Å². The normalized spacial score (nSPS) is 12.7. The highest BCUT2D eigenvalue weighted by Crippen LogP contribution is 2.20. The van der Waals surface area contributed by atoms with Crippen molar-refractivity contribution in [2.24, 2.45) is 5.73 Å². The fraction of sp³-hybridized carbons (Fsp3) is 0.381. The Bertz CT molecular complexity index is 718. The lowest BCUT2D eigenvalue weighted by molar-refractivity contribution is 0.0695. The summed E-state index contributed by atoms with van der Waals surface area (Å²) in [5, 5.41) is 11.3. The third-order valence-corrected chi connectivity index (χ3v) is 5.89. The Hall–Kier alpha value is -1.34. The Kier molecular flexibility index (Phi) is 12.9. The zero-order chi connectivity index (χ0) is 20.8. The zero-order valence-corrected chi connectivity index (χ0v) is 18.8. The van der Waals surface area contributed by atoms with E-state index in [-0.39, 0.29) is 0 Å². The monoisotopic (exact) mass is 440 g/mol. The molecule has 0 bridgehead atoms. The molecule has 1 aromatic carbocycles. The van der Waals surface area contributed by atoms with Gasteiger partial charge in [-0.2, -0.15) is 0 Å². The molecule has 0 fully saturated rings. The number of halogens is 1. The van der Waals surface area contributed by atoms with Crippen molar-refractivity contribution in [3.05, 3.63) is 64.2 Å². The maximum absolute atomic E-state index is 11.3. The Labute approximate surface area is 181 Å². The number of benzene rings is 1. The average Bonchev–Trinajstić information content (AvgIpc) is 2.70. The average molecular weight is 441 g/mol. The summed E-state index contributed by atoms with van der Waals surface area (Å²) >= 11 is 8.79. The highest BCUT2D eigenvalue weighted by atomic mass is 35.5. The molecule has 4 nitrogen and oxygen atoms in total. The van der Waals surface area contributed by atoms with Crippen LogP contribution in [0.1, 0.15) is 42.6 Å². The van der Waals surface area contributed by atoms with Gasteiger partial charge in [-0.1, -0.05) is 31.2 Å². The molecule has 0 amide bonds. The first-order valence-electron chi connectivity index (χ1n) is 9.21. The van der Waals surface area contributed by atoms with Crippen molar-refractivity contribution in [1.82, 2.24) is 4.72 Å². The summed E-state index contributed by atoms with van der Waals surface area (Å²) in [5.41, 5.74) is 9.38. The molecule has 1 aromatic rings. The number of nitrogens with one attached hydrogen (secondary N) is 1. The van der Waals surface area contributed by atoms with Crippen molar-refractivity contribution in [2.45, 2.75) is 38.0 Å². The molecule has 0 aliphatic rings. The summed E-state index contributed by atoms with van der Waals surface area (Å²) < 4.78 is 3.27. The molecule has 4 N–H and O–H groups in total. The second-order valence-electron chi connectivity index (χ2n) is 6.00. The predicted molar refractivity (Wildman–Crippen MR) is 124 cm³/mol. The zero-order valence-electron chi connectivity index (χ0n) is 16.4. The minimum Gasteiger partial charge on any atom is -0.478 e. The number of nitrogens with two attached hydrogens (primary N) is 1. The quantitative estimate of drug-likeness (QED) is 0.160. The molecule has 154 valence electrons. The SMILES string of the molecule is C/C=C(\C=C/CCl)CS/C=C(\N)CCCNSc1ccc(CC)c(C(=O)O)c1. The number of allylic oxidation sites excluding steroid dienone is 4. The number of aromatic carboxylic acids is 1. The molecule has 0 atom stereocenters. The number of rotatable bonds is 13. The largest absolute Gasteiger partial charge is 0.478 e. The molecule has 0 unspecified atom stereocenters. The van der Waals surface area contributed by atoms with E-state index in [1.807, 2.05) is 43.5 Å². The summed E-state index contributed by atoms with van der Waals surface area (Å²) in [6.07, 6.45) is 8.49. The highest BCUT2D eigenvalue weighted by Gasteiger charge is 2.09. The number of hydrogen-bond acceptors (Lipinski definition) is 5. The number of carboxylic acids is 1. The van der Waals surface area contributed by atoms with Gasteiger partial charge in [-0.15, -0.1) is 23.4 Å². The van der Waals surface area contributed by atoms with Crippen molar-refractivity contribution in [3.8, 4) is 0 Å². The van der Waals surface area contributed by atoms with E-state index in [4.69, 9.17) is 17.3 Å². The van der Waals surface area contributed by atoms with Crippen LogP contribution in [-0.4, -0.2) is 29.3 Å². The number of aryl methyl sites for hydroxylation is 1. The molecular weight excluding hydrogens is 412 g/mol. The van der Waals surface area contributed by atoms with Crippen LogP contribution in [0.3, 0.4) is 0 Å². The van der Waals surface area contributed by atoms with E-state index in [1.54, 1.807) is 17.8 Å². The first kappa shape index (κ1) is 24.7. The maximum atomic E-state index is 11.3. The van der Waals surface area contributed by atoms with Crippen LogP contribution in [0.15, 0.2) is 58.0 Å². The van der Waals surface area contributed by atoms with Crippen LogP contribution in [0.5, 0.6) is 0 Å². The molecule has 0 aromatic heterocycles.